The third-order valence-corrected chi connectivity index (χ3v) is 4.97. The fraction of sp³-hybridized carbons (Fsp3) is 0.429. The summed E-state index contributed by atoms with van der Waals surface area (Å²) < 4.78 is 16.4. The Morgan fingerprint density at radius 1 is 1.04 bits per heavy atom. The van der Waals surface area contributed by atoms with Gasteiger partial charge in [0.2, 0.25) is 0 Å². The molecule has 1 aliphatic rings. The smallest absolute Gasteiger partial charge is 0.119 e. The zero-order valence-corrected chi connectivity index (χ0v) is 15.9. The van der Waals surface area contributed by atoms with Gasteiger partial charge in [-0.05, 0) is 35.4 Å². The number of aliphatic hydroxyl groups is 1. The van der Waals surface area contributed by atoms with Gasteiger partial charge in [-0.2, -0.15) is 0 Å². The summed E-state index contributed by atoms with van der Waals surface area (Å²) in [6, 6.07) is 16.2. The van der Waals surface area contributed by atoms with E-state index in [2.05, 4.69) is 38.1 Å². The molecule has 0 amide bonds. The summed E-state index contributed by atoms with van der Waals surface area (Å²) in [7, 11) is 0. The zero-order chi connectivity index (χ0) is 18.6. The Morgan fingerprint density at radius 3 is 2.00 bits per heavy atom. The highest BCUT2D eigenvalue weighted by Crippen LogP contribution is 2.33. The Kier molecular flexibility index (Phi) is 6.07. The fourth-order valence-electron chi connectivity index (χ4n) is 2.69. The van der Waals surface area contributed by atoms with Gasteiger partial charge in [0.1, 0.15) is 36.9 Å². The SMILES string of the molecule is CC(C)(c1ccc(OC[C@H](O)CCl)cc1)c1ccc(OC[C@@H]2CO2)cc1. The van der Waals surface area contributed by atoms with Crippen LogP contribution in [0.2, 0.25) is 0 Å². The molecule has 3 rings (SSSR count). The summed E-state index contributed by atoms with van der Waals surface area (Å²) >= 11 is 5.58. The molecule has 0 spiro atoms. The molecule has 1 fully saturated rings. The van der Waals surface area contributed by atoms with Crippen molar-refractivity contribution in [3.63, 3.8) is 0 Å². The van der Waals surface area contributed by atoms with Gasteiger partial charge in [-0.1, -0.05) is 38.1 Å². The van der Waals surface area contributed by atoms with Gasteiger partial charge < -0.3 is 19.3 Å². The van der Waals surface area contributed by atoms with Crippen LogP contribution in [0.5, 0.6) is 11.5 Å². The summed E-state index contributed by atoms with van der Waals surface area (Å²) in [5, 5.41) is 9.47. The number of benzene rings is 2. The molecule has 1 N–H and O–H groups in total. The molecule has 0 aromatic heterocycles. The van der Waals surface area contributed by atoms with E-state index in [1.54, 1.807) is 0 Å². The van der Waals surface area contributed by atoms with Crippen LogP contribution in [0.3, 0.4) is 0 Å². The first-order valence-corrected chi connectivity index (χ1v) is 9.35. The van der Waals surface area contributed by atoms with Crippen LogP contribution >= 0.6 is 11.6 Å². The van der Waals surface area contributed by atoms with Gasteiger partial charge in [0.15, 0.2) is 0 Å². The number of alkyl halides is 1. The van der Waals surface area contributed by atoms with Crippen molar-refractivity contribution in [2.75, 3.05) is 25.7 Å². The van der Waals surface area contributed by atoms with E-state index in [4.69, 9.17) is 25.8 Å². The van der Waals surface area contributed by atoms with E-state index in [1.165, 1.54) is 11.1 Å². The first-order chi connectivity index (χ1) is 12.5. The van der Waals surface area contributed by atoms with Crippen LogP contribution in [0, 0.1) is 0 Å². The summed E-state index contributed by atoms with van der Waals surface area (Å²) in [5.41, 5.74) is 2.24. The quantitative estimate of drug-likeness (QED) is 0.534. The van der Waals surface area contributed by atoms with Crippen LogP contribution in [0.15, 0.2) is 48.5 Å². The second kappa shape index (κ2) is 8.30. The van der Waals surface area contributed by atoms with E-state index in [0.717, 1.165) is 18.1 Å². The lowest BCUT2D eigenvalue weighted by molar-refractivity contribution is 0.125. The molecule has 4 nitrogen and oxygen atoms in total. The largest absolute Gasteiger partial charge is 0.491 e. The molecule has 1 heterocycles. The van der Waals surface area contributed by atoms with Crippen molar-refractivity contribution in [2.24, 2.45) is 0 Å². The standard InChI is InChI=1S/C21H25ClO4/c1-21(2,15-3-7-18(8-4-15)24-12-17(23)11-22)16-5-9-19(10-6-16)25-13-20-14-26-20/h3-10,17,20,23H,11-14H2,1-2H3/t17-,20-/m1/s1. The molecule has 2 aromatic rings. The van der Waals surface area contributed by atoms with Crippen LogP contribution in [-0.2, 0) is 10.2 Å². The van der Waals surface area contributed by atoms with Crippen LogP contribution in [0.1, 0.15) is 25.0 Å². The van der Waals surface area contributed by atoms with Crippen molar-refractivity contribution in [1.29, 1.82) is 0 Å². The molecule has 5 heteroatoms. The lowest BCUT2D eigenvalue weighted by atomic mass is 9.78. The van der Waals surface area contributed by atoms with Crippen LogP contribution < -0.4 is 9.47 Å². The van der Waals surface area contributed by atoms with Crippen molar-refractivity contribution in [3.8, 4) is 11.5 Å². The third-order valence-electron chi connectivity index (χ3n) is 4.61. The summed E-state index contributed by atoms with van der Waals surface area (Å²) in [6.45, 7) is 5.99. The molecule has 140 valence electrons. The minimum absolute atomic E-state index is 0.147. The van der Waals surface area contributed by atoms with Crippen molar-refractivity contribution in [2.45, 2.75) is 31.5 Å². The Morgan fingerprint density at radius 2 is 1.54 bits per heavy atom. The fourth-order valence-corrected chi connectivity index (χ4v) is 2.78. The van der Waals surface area contributed by atoms with E-state index in [1.807, 2.05) is 24.3 Å². The van der Waals surface area contributed by atoms with Crippen molar-refractivity contribution in [1.82, 2.24) is 0 Å². The summed E-state index contributed by atoms with van der Waals surface area (Å²) in [6.07, 6.45) is -0.391. The predicted octanol–water partition coefficient (Wildman–Crippen LogP) is 3.77. The van der Waals surface area contributed by atoms with Crippen LogP contribution in [-0.4, -0.2) is 43.0 Å². The number of rotatable bonds is 9. The molecular formula is C21H25ClO4. The Hall–Kier alpha value is -1.75. The van der Waals surface area contributed by atoms with Crippen molar-refractivity contribution >= 4 is 11.6 Å². The lowest BCUT2D eigenvalue weighted by Gasteiger charge is -2.26. The number of ether oxygens (including phenoxy) is 3. The van der Waals surface area contributed by atoms with Gasteiger partial charge in [-0.3, -0.25) is 0 Å². The first-order valence-electron chi connectivity index (χ1n) is 8.81. The van der Waals surface area contributed by atoms with Gasteiger partial charge in [-0.15, -0.1) is 11.6 Å². The Balaban J connectivity index is 1.64. The number of epoxide rings is 1. The average Bonchev–Trinajstić information content (AvgIpc) is 3.49. The van der Waals surface area contributed by atoms with Gasteiger partial charge in [0.25, 0.3) is 0 Å². The van der Waals surface area contributed by atoms with E-state index in [-0.39, 0.29) is 24.0 Å². The van der Waals surface area contributed by atoms with E-state index < -0.39 is 6.10 Å². The second-order valence-electron chi connectivity index (χ2n) is 7.06. The maximum Gasteiger partial charge on any atom is 0.119 e. The molecule has 0 saturated carbocycles. The third kappa shape index (κ3) is 4.91. The van der Waals surface area contributed by atoms with Gasteiger partial charge in [-0.25, -0.2) is 0 Å². The molecule has 1 saturated heterocycles. The molecule has 0 radical (unpaired) electrons. The van der Waals surface area contributed by atoms with Gasteiger partial charge in [0.05, 0.1) is 12.5 Å². The highest BCUT2D eigenvalue weighted by atomic mass is 35.5. The number of halogens is 1. The number of aliphatic hydroxyl groups excluding tert-OH is 1. The van der Waals surface area contributed by atoms with E-state index >= 15 is 0 Å². The zero-order valence-electron chi connectivity index (χ0n) is 15.2. The van der Waals surface area contributed by atoms with Gasteiger partial charge in [0, 0.05) is 5.41 Å². The normalized spacial score (nSPS) is 17.6. The first kappa shape index (κ1) is 19.0. The average molecular weight is 377 g/mol. The Labute approximate surface area is 159 Å². The molecule has 2 aromatic carbocycles. The van der Waals surface area contributed by atoms with Crippen molar-refractivity contribution in [3.05, 3.63) is 59.7 Å². The van der Waals surface area contributed by atoms with E-state index in [0.29, 0.717) is 6.61 Å². The highest BCUT2D eigenvalue weighted by molar-refractivity contribution is 6.18. The number of hydrogen-bond acceptors (Lipinski definition) is 4. The predicted molar refractivity (Wildman–Crippen MR) is 102 cm³/mol. The van der Waals surface area contributed by atoms with Crippen molar-refractivity contribution < 1.29 is 19.3 Å². The van der Waals surface area contributed by atoms with Gasteiger partial charge >= 0.3 is 0 Å². The molecule has 26 heavy (non-hydrogen) atoms. The summed E-state index contributed by atoms with van der Waals surface area (Å²) in [5.74, 6) is 1.75. The minimum atomic E-state index is -0.653. The monoisotopic (exact) mass is 376 g/mol. The lowest BCUT2D eigenvalue weighted by Crippen LogP contribution is -2.20. The maximum atomic E-state index is 9.47. The molecule has 0 aliphatic carbocycles. The van der Waals surface area contributed by atoms with E-state index in [9.17, 15) is 5.11 Å². The van der Waals surface area contributed by atoms with Crippen LogP contribution in [0.4, 0.5) is 0 Å². The molecular weight excluding hydrogens is 352 g/mol. The topological polar surface area (TPSA) is 51.2 Å². The molecule has 0 bridgehead atoms. The molecule has 1 aliphatic heterocycles. The summed E-state index contributed by atoms with van der Waals surface area (Å²) in [4.78, 5) is 0. The Bertz CT molecular complexity index is 693. The molecule has 2 atom stereocenters. The molecule has 0 unspecified atom stereocenters. The maximum absolute atomic E-state index is 9.47. The highest BCUT2D eigenvalue weighted by Gasteiger charge is 2.24. The minimum Gasteiger partial charge on any atom is -0.491 e. The van der Waals surface area contributed by atoms with Crippen LogP contribution in [0.25, 0.3) is 0 Å². The number of hydrogen-bond donors (Lipinski definition) is 1. The second-order valence-corrected chi connectivity index (χ2v) is 7.37.